The third-order valence-electron chi connectivity index (χ3n) is 7.32. The lowest BCUT2D eigenvalue weighted by atomic mass is 9.91. The summed E-state index contributed by atoms with van der Waals surface area (Å²) in [5.74, 6) is 1.52. The molecule has 2 fully saturated rings. The van der Waals surface area contributed by atoms with Crippen molar-refractivity contribution in [3.05, 3.63) is 36.0 Å². The molecule has 5 rings (SSSR count). The van der Waals surface area contributed by atoms with Crippen molar-refractivity contribution in [1.29, 1.82) is 0 Å². The van der Waals surface area contributed by atoms with E-state index in [0.29, 0.717) is 18.5 Å². The standard InChI is InChI=1S/C26H36N6O2/c1-26(2)18-32(21-6-4-5-7-21)23-22(30(3)24(26)33)16-27-25(29-23)28-20-10-8-19(9-11-20)17-31-12-14-34-15-13-31/h8-11,16,21H,4-7,12-15,17-18H2,1-3H3,(H,27,28,29). The van der Waals surface area contributed by atoms with Gasteiger partial charge in [0.05, 0.1) is 24.8 Å². The van der Waals surface area contributed by atoms with Crippen LogP contribution in [-0.2, 0) is 16.1 Å². The van der Waals surface area contributed by atoms with Gasteiger partial charge in [-0.15, -0.1) is 0 Å². The predicted molar refractivity (Wildman–Crippen MR) is 135 cm³/mol. The summed E-state index contributed by atoms with van der Waals surface area (Å²) in [6, 6.07) is 8.89. The fourth-order valence-electron chi connectivity index (χ4n) is 5.36. The zero-order chi connectivity index (χ0) is 23.7. The van der Waals surface area contributed by atoms with E-state index in [-0.39, 0.29) is 5.91 Å². The first-order valence-corrected chi connectivity index (χ1v) is 12.5. The maximum atomic E-state index is 13.2. The molecule has 3 aliphatic rings. The number of nitrogens with one attached hydrogen (secondary N) is 1. The van der Waals surface area contributed by atoms with Gasteiger partial charge in [0.1, 0.15) is 5.69 Å². The monoisotopic (exact) mass is 464 g/mol. The Bertz CT molecular complexity index is 1010. The highest BCUT2D eigenvalue weighted by Gasteiger charge is 2.41. The van der Waals surface area contributed by atoms with Crippen LogP contribution in [0.4, 0.5) is 23.1 Å². The molecule has 0 radical (unpaired) electrons. The van der Waals surface area contributed by atoms with E-state index in [1.54, 1.807) is 11.1 Å². The van der Waals surface area contributed by atoms with E-state index in [2.05, 4.69) is 44.4 Å². The molecule has 2 aliphatic heterocycles. The van der Waals surface area contributed by atoms with Gasteiger partial charge in [0.15, 0.2) is 5.82 Å². The van der Waals surface area contributed by atoms with Crippen LogP contribution >= 0.6 is 0 Å². The molecule has 182 valence electrons. The van der Waals surface area contributed by atoms with Crippen molar-refractivity contribution in [3.8, 4) is 0 Å². The van der Waals surface area contributed by atoms with Crippen LogP contribution in [-0.4, -0.2) is 66.7 Å². The van der Waals surface area contributed by atoms with E-state index in [1.807, 2.05) is 20.9 Å². The van der Waals surface area contributed by atoms with Crippen LogP contribution in [0.1, 0.15) is 45.1 Å². The van der Waals surface area contributed by atoms with Crippen molar-refractivity contribution >= 4 is 29.0 Å². The summed E-state index contributed by atoms with van der Waals surface area (Å²) in [5.41, 5.74) is 2.54. The number of carbonyl (C=O) groups excluding carboxylic acids is 1. The van der Waals surface area contributed by atoms with Crippen LogP contribution in [0.5, 0.6) is 0 Å². The number of fused-ring (bicyclic) bond motifs is 1. The van der Waals surface area contributed by atoms with Crippen LogP contribution in [0.3, 0.4) is 0 Å². The number of hydrogen-bond donors (Lipinski definition) is 1. The van der Waals surface area contributed by atoms with Crippen molar-refractivity contribution in [2.24, 2.45) is 5.41 Å². The lowest BCUT2D eigenvalue weighted by Gasteiger charge is -2.34. The molecule has 1 saturated heterocycles. The zero-order valence-electron chi connectivity index (χ0n) is 20.6. The average molecular weight is 465 g/mol. The van der Waals surface area contributed by atoms with Crippen molar-refractivity contribution in [1.82, 2.24) is 14.9 Å². The molecule has 1 aliphatic carbocycles. The highest BCUT2D eigenvalue weighted by atomic mass is 16.5. The van der Waals surface area contributed by atoms with Gasteiger partial charge < -0.3 is 19.9 Å². The Morgan fingerprint density at radius 2 is 1.82 bits per heavy atom. The van der Waals surface area contributed by atoms with E-state index in [4.69, 9.17) is 9.72 Å². The first-order valence-electron chi connectivity index (χ1n) is 12.5. The van der Waals surface area contributed by atoms with Crippen molar-refractivity contribution in [2.75, 3.05) is 55.0 Å². The van der Waals surface area contributed by atoms with Gasteiger partial charge in [-0.05, 0) is 44.4 Å². The van der Waals surface area contributed by atoms with Gasteiger partial charge in [0, 0.05) is 45.0 Å². The van der Waals surface area contributed by atoms with Crippen LogP contribution < -0.4 is 15.1 Å². The smallest absolute Gasteiger partial charge is 0.234 e. The quantitative estimate of drug-likeness (QED) is 0.721. The number of benzene rings is 1. The summed E-state index contributed by atoms with van der Waals surface area (Å²) in [6.07, 6.45) is 6.54. The highest BCUT2D eigenvalue weighted by molar-refractivity contribution is 6.00. The minimum atomic E-state index is -0.484. The second-order valence-corrected chi connectivity index (χ2v) is 10.4. The van der Waals surface area contributed by atoms with Crippen LogP contribution in [0.25, 0.3) is 0 Å². The van der Waals surface area contributed by atoms with Crippen LogP contribution in [0, 0.1) is 5.41 Å². The first kappa shape index (κ1) is 23.1. The SMILES string of the molecule is CN1C(=O)C(C)(C)CN(C2CCCC2)c2nc(Nc3ccc(CN4CCOCC4)cc3)ncc21. The average Bonchev–Trinajstić information content (AvgIpc) is 3.36. The fraction of sp³-hybridized carbons (Fsp3) is 0.577. The molecule has 0 unspecified atom stereocenters. The predicted octanol–water partition coefficient (Wildman–Crippen LogP) is 3.80. The third-order valence-corrected chi connectivity index (χ3v) is 7.32. The molecule has 0 spiro atoms. The molecule has 1 N–H and O–H groups in total. The van der Waals surface area contributed by atoms with Crippen molar-refractivity contribution in [3.63, 3.8) is 0 Å². The summed E-state index contributed by atoms with van der Waals surface area (Å²) in [5, 5.41) is 3.38. The summed E-state index contributed by atoms with van der Waals surface area (Å²) in [4.78, 5) is 29.2. The number of hydrogen-bond acceptors (Lipinski definition) is 7. The van der Waals surface area contributed by atoms with Crippen molar-refractivity contribution in [2.45, 2.75) is 52.1 Å². The number of morpholine rings is 1. The second kappa shape index (κ2) is 9.50. The van der Waals surface area contributed by atoms with Gasteiger partial charge in [0.25, 0.3) is 0 Å². The largest absolute Gasteiger partial charge is 0.379 e. The molecular weight excluding hydrogens is 428 g/mol. The Labute approximate surface area is 202 Å². The summed E-state index contributed by atoms with van der Waals surface area (Å²) >= 11 is 0. The molecule has 8 nitrogen and oxygen atoms in total. The number of nitrogens with zero attached hydrogens (tertiary/aromatic N) is 5. The number of ether oxygens (including phenoxy) is 1. The minimum Gasteiger partial charge on any atom is -0.379 e. The van der Waals surface area contributed by atoms with Gasteiger partial charge in [-0.2, -0.15) is 4.98 Å². The molecular formula is C26H36N6O2. The van der Waals surface area contributed by atoms with Gasteiger partial charge in [-0.25, -0.2) is 4.98 Å². The lowest BCUT2D eigenvalue weighted by molar-refractivity contribution is -0.125. The van der Waals surface area contributed by atoms with E-state index in [1.165, 1.54) is 18.4 Å². The van der Waals surface area contributed by atoms with Crippen LogP contribution in [0.2, 0.25) is 0 Å². The summed E-state index contributed by atoms with van der Waals surface area (Å²) < 4.78 is 5.44. The van der Waals surface area contributed by atoms with Crippen LogP contribution in [0.15, 0.2) is 30.5 Å². The number of anilines is 4. The molecule has 1 saturated carbocycles. The molecule has 1 aromatic carbocycles. The maximum Gasteiger partial charge on any atom is 0.234 e. The van der Waals surface area contributed by atoms with Gasteiger partial charge in [0.2, 0.25) is 11.9 Å². The van der Waals surface area contributed by atoms with E-state index >= 15 is 0 Å². The Morgan fingerprint density at radius 1 is 1.12 bits per heavy atom. The Balaban J connectivity index is 1.37. The molecule has 3 heterocycles. The van der Waals surface area contributed by atoms with Gasteiger partial charge in [-0.3, -0.25) is 9.69 Å². The van der Waals surface area contributed by atoms with E-state index < -0.39 is 5.41 Å². The number of aromatic nitrogens is 2. The van der Waals surface area contributed by atoms with Gasteiger partial charge >= 0.3 is 0 Å². The molecule has 0 bridgehead atoms. The maximum absolute atomic E-state index is 13.2. The Morgan fingerprint density at radius 3 is 2.53 bits per heavy atom. The summed E-state index contributed by atoms with van der Waals surface area (Å²) in [7, 11) is 1.84. The Kier molecular flexibility index (Phi) is 6.44. The molecule has 1 amide bonds. The number of carbonyl (C=O) groups is 1. The molecule has 0 atom stereocenters. The second-order valence-electron chi connectivity index (χ2n) is 10.4. The molecule has 8 heteroatoms. The number of rotatable bonds is 5. The lowest BCUT2D eigenvalue weighted by Crippen LogP contribution is -2.45. The highest BCUT2D eigenvalue weighted by Crippen LogP contribution is 2.40. The van der Waals surface area contributed by atoms with Gasteiger partial charge in [-0.1, -0.05) is 25.0 Å². The molecule has 1 aromatic heterocycles. The third kappa shape index (κ3) is 4.74. The molecule has 2 aromatic rings. The zero-order valence-corrected chi connectivity index (χ0v) is 20.6. The van der Waals surface area contributed by atoms with Crippen molar-refractivity contribution < 1.29 is 9.53 Å². The Hall–Kier alpha value is -2.71. The summed E-state index contributed by atoms with van der Waals surface area (Å²) in [6.45, 7) is 9.25. The number of amides is 1. The minimum absolute atomic E-state index is 0.106. The first-order chi connectivity index (χ1) is 16.4. The topological polar surface area (TPSA) is 73.8 Å². The van der Waals surface area contributed by atoms with E-state index in [9.17, 15) is 4.79 Å². The van der Waals surface area contributed by atoms with E-state index in [0.717, 1.165) is 62.9 Å². The molecule has 34 heavy (non-hydrogen) atoms. The fourth-order valence-corrected chi connectivity index (χ4v) is 5.36. The normalized spacial score (nSPS) is 21.4.